The van der Waals surface area contributed by atoms with E-state index in [2.05, 4.69) is 11.1 Å². The largest absolute Gasteiger partial charge is 0.497 e. The Morgan fingerprint density at radius 1 is 1.40 bits per heavy atom. The second-order valence-electron chi connectivity index (χ2n) is 5.13. The average molecular weight is 270 g/mol. The first-order chi connectivity index (χ1) is 9.76. The van der Waals surface area contributed by atoms with Crippen LogP contribution in [0.15, 0.2) is 36.7 Å². The number of nitrogens with two attached hydrogens (primary N) is 1. The monoisotopic (exact) mass is 270 g/mol. The summed E-state index contributed by atoms with van der Waals surface area (Å²) in [6, 6.07) is 7.84. The normalized spacial score (nSPS) is 17.1. The van der Waals surface area contributed by atoms with Gasteiger partial charge in [0.1, 0.15) is 11.5 Å². The maximum Gasteiger partial charge on any atom is 0.126 e. The number of rotatable bonds is 3. The van der Waals surface area contributed by atoms with Gasteiger partial charge in [0.2, 0.25) is 0 Å². The minimum absolute atomic E-state index is 0.433. The third kappa shape index (κ3) is 2.54. The van der Waals surface area contributed by atoms with Gasteiger partial charge in [-0.1, -0.05) is 6.07 Å². The van der Waals surface area contributed by atoms with Crippen LogP contribution in [-0.2, 0) is 12.8 Å². The maximum atomic E-state index is 5.97. The van der Waals surface area contributed by atoms with Gasteiger partial charge in [0.25, 0.3) is 0 Å². The molecule has 1 aliphatic heterocycles. The van der Waals surface area contributed by atoms with E-state index in [4.69, 9.17) is 15.2 Å². The van der Waals surface area contributed by atoms with Crippen LogP contribution < -0.4 is 15.2 Å². The molecule has 2 N–H and O–H groups in total. The summed E-state index contributed by atoms with van der Waals surface area (Å²) in [6.07, 6.45) is 5.45. The molecule has 1 aliphatic rings. The zero-order chi connectivity index (χ0) is 13.9. The van der Waals surface area contributed by atoms with Crippen LogP contribution in [0.5, 0.6) is 11.5 Å². The number of anilines is 1. The first-order valence-electron chi connectivity index (χ1n) is 6.74. The lowest BCUT2D eigenvalue weighted by Crippen LogP contribution is -2.23. The molecule has 20 heavy (non-hydrogen) atoms. The number of methoxy groups -OCH3 is 1. The summed E-state index contributed by atoms with van der Waals surface area (Å²) in [4.78, 5) is 4.14. The van der Waals surface area contributed by atoms with Crippen molar-refractivity contribution in [3.8, 4) is 11.5 Å². The number of pyridine rings is 1. The SMILES string of the molecule is COc1ccc2c(c1)OC[C@@H](Cc1cnccc1N)C2. The predicted molar refractivity (Wildman–Crippen MR) is 78.0 cm³/mol. The van der Waals surface area contributed by atoms with Gasteiger partial charge in [-0.15, -0.1) is 0 Å². The smallest absolute Gasteiger partial charge is 0.126 e. The fourth-order valence-electron chi connectivity index (χ4n) is 2.59. The summed E-state index contributed by atoms with van der Waals surface area (Å²) in [7, 11) is 1.67. The van der Waals surface area contributed by atoms with Gasteiger partial charge in [-0.2, -0.15) is 0 Å². The molecule has 1 atom stereocenters. The van der Waals surface area contributed by atoms with Crippen LogP contribution in [0.2, 0.25) is 0 Å². The molecule has 0 radical (unpaired) electrons. The molecule has 0 amide bonds. The summed E-state index contributed by atoms with van der Waals surface area (Å²) in [5.74, 6) is 2.20. The third-order valence-corrected chi connectivity index (χ3v) is 3.71. The minimum atomic E-state index is 0.433. The lowest BCUT2D eigenvalue weighted by molar-refractivity contribution is 0.220. The molecule has 2 aromatic rings. The van der Waals surface area contributed by atoms with Crippen LogP contribution in [0, 0.1) is 5.92 Å². The molecule has 4 heteroatoms. The minimum Gasteiger partial charge on any atom is -0.497 e. The van der Waals surface area contributed by atoms with E-state index in [9.17, 15) is 0 Å². The number of hydrogen-bond donors (Lipinski definition) is 1. The molecule has 0 aliphatic carbocycles. The fourth-order valence-corrected chi connectivity index (χ4v) is 2.59. The molecular weight excluding hydrogens is 252 g/mol. The van der Waals surface area contributed by atoms with Gasteiger partial charge in [-0.3, -0.25) is 4.98 Å². The van der Waals surface area contributed by atoms with E-state index in [1.54, 1.807) is 13.3 Å². The second-order valence-corrected chi connectivity index (χ2v) is 5.13. The topological polar surface area (TPSA) is 57.4 Å². The number of nitrogens with zero attached hydrogens (tertiary/aromatic N) is 1. The Balaban J connectivity index is 1.74. The van der Waals surface area contributed by atoms with Crippen LogP contribution in [0.3, 0.4) is 0 Å². The van der Waals surface area contributed by atoms with Crippen molar-refractivity contribution in [3.05, 3.63) is 47.8 Å². The van der Waals surface area contributed by atoms with Crippen LogP contribution >= 0.6 is 0 Å². The number of aromatic nitrogens is 1. The van der Waals surface area contributed by atoms with Crippen molar-refractivity contribution in [1.82, 2.24) is 4.98 Å². The fraction of sp³-hybridized carbons (Fsp3) is 0.312. The van der Waals surface area contributed by atoms with Crippen LogP contribution in [-0.4, -0.2) is 18.7 Å². The van der Waals surface area contributed by atoms with Crippen LogP contribution in [0.1, 0.15) is 11.1 Å². The summed E-state index contributed by atoms with van der Waals surface area (Å²) in [5, 5.41) is 0. The number of hydrogen-bond acceptors (Lipinski definition) is 4. The van der Waals surface area contributed by atoms with Crippen molar-refractivity contribution in [2.75, 3.05) is 19.5 Å². The van der Waals surface area contributed by atoms with Gasteiger partial charge >= 0.3 is 0 Å². The molecule has 0 saturated carbocycles. The van der Waals surface area contributed by atoms with Gasteiger partial charge in [0, 0.05) is 30.1 Å². The van der Waals surface area contributed by atoms with Crippen molar-refractivity contribution < 1.29 is 9.47 Å². The summed E-state index contributed by atoms with van der Waals surface area (Å²) in [6.45, 7) is 0.703. The van der Waals surface area contributed by atoms with Crippen LogP contribution in [0.4, 0.5) is 5.69 Å². The van der Waals surface area contributed by atoms with Crippen molar-refractivity contribution in [2.24, 2.45) is 5.92 Å². The number of benzene rings is 1. The quantitative estimate of drug-likeness (QED) is 0.930. The summed E-state index contributed by atoms with van der Waals surface area (Å²) in [5.41, 5.74) is 9.10. The van der Waals surface area contributed by atoms with Gasteiger partial charge in [0.05, 0.1) is 13.7 Å². The standard InChI is InChI=1S/C16H18N2O2/c1-19-14-3-2-12-6-11(10-20-16(12)8-14)7-13-9-18-5-4-15(13)17/h2-5,8-9,11H,6-7,10H2,1H3,(H2,17,18)/t11-/m1/s1. The van der Waals surface area contributed by atoms with Crippen molar-refractivity contribution in [2.45, 2.75) is 12.8 Å². The third-order valence-electron chi connectivity index (χ3n) is 3.71. The summed E-state index contributed by atoms with van der Waals surface area (Å²) >= 11 is 0. The van der Waals surface area contributed by atoms with Crippen LogP contribution in [0.25, 0.3) is 0 Å². The molecule has 0 bridgehead atoms. The molecule has 104 valence electrons. The lowest BCUT2D eigenvalue weighted by atomic mass is 9.91. The molecule has 0 spiro atoms. The van der Waals surface area contributed by atoms with Crippen molar-refractivity contribution in [3.63, 3.8) is 0 Å². The second kappa shape index (κ2) is 5.41. The molecule has 1 aromatic heterocycles. The Kier molecular flexibility index (Phi) is 3.46. The highest BCUT2D eigenvalue weighted by Crippen LogP contribution is 2.32. The number of nitrogen functional groups attached to an aromatic ring is 1. The van der Waals surface area contributed by atoms with E-state index in [0.717, 1.165) is 35.6 Å². The highest BCUT2D eigenvalue weighted by Gasteiger charge is 2.21. The first kappa shape index (κ1) is 12.8. The lowest BCUT2D eigenvalue weighted by Gasteiger charge is -2.26. The van der Waals surface area contributed by atoms with E-state index in [1.165, 1.54) is 5.56 Å². The van der Waals surface area contributed by atoms with Gasteiger partial charge in [-0.25, -0.2) is 0 Å². The zero-order valence-electron chi connectivity index (χ0n) is 11.5. The molecule has 4 nitrogen and oxygen atoms in total. The van der Waals surface area contributed by atoms with Crippen molar-refractivity contribution >= 4 is 5.69 Å². The summed E-state index contributed by atoms with van der Waals surface area (Å²) < 4.78 is 11.1. The van der Waals surface area contributed by atoms with E-state index in [1.807, 2.05) is 24.4 Å². The van der Waals surface area contributed by atoms with Crippen molar-refractivity contribution in [1.29, 1.82) is 0 Å². The molecule has 0 saturated heterocycles. The Morgan fingerprint density at radius 3 is 3.10 bits per heavy atom. The van der Waals surface area contributed by atoms with E-state index in [-0.39, 0.29) is 0 Å². The Morgan fingerprint density at radius 2 is 2.30 bits per heavy atom. The molecule has 2 heterocycles. The molecule has 0 fully saturated rings. The number of ether oxygens (including phenoxy) is 2. The molecule has 3 rings (SSSR count). The van der Waals surface area contributed by atoms with Gasteiger partial charge in [-0.05, 0) is 36.1 Å². The van der Waals surface area contributed by atoms with E-state index >= 15 is 0 Å². The Labute approximate surface area is 118 Å². The maximum absolute atomic E-state index is 5.97. The van der Waals surface area contributed by atoms with E-state index in [0.29, 0.717) is 12.5 Å². The predicted octanol–water partition coefficient (Wildman–Crippen LogP) is 2.47. The highest BCUT2D eigenvalue weighted by atomic mass is 16.5. The number of fused-ring (bicyclic) bond motifs is 1. The van der Waals surface area contributed by atoms with E-state index < -0.39 is 0 Å². The molecule has 0 unspecified atom stereocenters. The Hall–Kier alpha value is -2.23. The highest BCUT2D eigenvalue weighted by molar-refractivity contribution is 5.45. The zero-order valence-corrected chi connectivity index (χ0v) is 11.5. The Bertz CT molecular complexity index is 613. The average Bonchev–Trinajstić information content (AvgIpc) is 2.49. The molecule has 1 aromatic carbocycles. The van der Waals surface area contributed by atoms with Gasteiger partial charge < -0.3 is 15.2 Å². The first-order valence-corrected chi connectivity index (χ1v) is 6.74. The van der Waals surface area contributed by atoms with Gasteiger partial charge in [0.15, 0.2) is 0 Å². The molecular formula is C16H18N2O2.